The van der Waals surface area contributed by atoms with Crippen molar-refractivity contribution in [3.8, 4) is 11.5 Å². The molecule has 1 aliphatic heterocycles. The van der Waals surface area contributed by atoms with Crippen molar-refractivity contribution in [2.75, 3.05) is 18.5 Å². The number of amides is 1. The Bertz CT molecular complexity index is 988. The van der Waals surface area contributed by atoms with Crippen LogP contribution in [-0.4, -0.2) is 24.1 Å². The Balaban J connectivity index is 1.69. The van der Waals surface area contributed by atoms with E-state index in [2.05, 4.69) is 10.3 Å². The Morgan fingerprint density at radius 3 is 2.72 bits per heavy atom. The Morgan fingerprint density at radius 2 is 1.88 bits per heavy atom. The van der Waals surface area contributed by atoms with Crippen LogP contribution >= 0.6 is 0 Å². The minimum absolute atomic E-state index is 0.335. The maximum atomic E-state index is 13.6. The third-order valence-electron chi connectivity index (χ3n) is 3.94. The van der Waals surface area contributed by atoms with Crippen LogP contribution in [0.2, 0.25) is 0 Å². The van der Waals surface area contributed by atoms with Crippen molar-refractivity contribution >= 4 is 22.5 Å². The van der Waals surface area contributed by atoms with E-state index in [1.54, 1.807) is 37.3 Å². The molecule has 1 N–H and O–H groups in total. The number of hydrogen-bond donors (Lipinski definition) is 1. The second-order valence-corrected chi connectivity index (χ2v) is 5.79. The van der Waals surface area contributed by atoms with Crippen LogP contribution in [0.4, 0.5) is 10.1 Å². The molecule has 2 heterocycles. The molecule has 0 unspecified atom stereocenters. The molecule has 1 aromatic heterocycles. The number of anilines is 1. The molecule has 0 radical (unpaired) electrons. The number of carbonyl (C=O) groups is 1. The Hall–Kier alpha value is -3.15. The van der Waals surface area contributed by atoms with Gasteiger partial charge in [-0.05, 0) is 43.3 Å². The van der Waals surface area contributed by atoms with Crippen molar-refractivity contribution in [1.29, 1.82) is 0 Å². The van der Waals surface area contributed by atoms with Crippen LogP contribution in [0.3, 0.4) is 0 Å². The SMILES string of the molecule is Cc1cc(C(=O)Nc2ccc3c(c2)OCCO3)c2cc(F)ccc2n1. The summed E-state index contributed by atoms with van der Waals surface area (Å²) < 4.78 is 24.6. The number of carbonyl (C=O) groups excluding carboxylic acids is 1. The molecule has 6 heteroatoms. The van der Waals surface area contributed by atoms with E-state index in [0.29, 0.717) is 52.6 Å². The average Bonchev–Trinajstić information content (AvgIpc) is 2.61. The van der Waals surface area contributed by atoms with E-state index >= 15 is 0 Å². The number of aryl methyl sites for hydroxylation is 1. The molecule has 0 bridgehead atoms. The summed E-state index contributed by atoms with van der Waals surface area (Å²) >= 11 is 0. The van der Waals surface area contributed by atoms with Gasteiger partial charge in [0.15, 0.2) is 11.5 Å². The molecule has 0 saturated heterocycles. The molecule has 1 aliphatic rings. The normalized spacial score (nSPS) is 12.9. The van der Waals surface area contributed by atoms with Gasteiger partial charge >= 0.3 is 0 Å². The predicted octanol–water partition coefficient (Wildman–Crippen LogP) is 3.71. The fraction of sp³-hybridized carbons (Fsp3) is 0.158. The highest BCUT2D eigenvalue weighted by Gasteiger charge is 2.16. The molecule has 3 aromatic rings. The minimum Gasteiger partial charge on any atom is -0.486 e. The van der Waals surface area contributed by atoms with E-state index in [9.17, 15) is 9.18 Å². The summed E-state index contributed by atoms with van der Waals surface area (Å²) in [6.07, 6.45) is 0. The van der Waals surface area contributed by atoms with E-state index in [-0.39, 0.29) is 5.91 Å². The van der Waals surface area contributed by atoms with Crippen molar-refractivity contribution in [3.63, 3.8) is 0 Å². The highest BCUT2D eigenvalue weighted by Crippen LogP contribution is 2.33. The molecular weight excluding hydrogens is 323 g/mol. The smallest absolute Gasteiger partial charge is 0.256 e. The van der Waals surface area contributed by atoms with Gasteiger partial charge in [-0.3, -0.25) is 9.78 Å². The molecule has 0 saturated carbocycles. The van der Waals surface area contributed by atoms with Crippen LogP contribution in [0.25, 0.3) is 10.9 Å². The van der Waals surface area contributed by atoms with Crippen molar-refractivity contribution in [3.05, 3.63) is 59.5 Å². The first-order valence-corrected chi connectivity index (χ1v) is 7.88. The molecule has 0 atom stereocenters. The number of nitrogens with zero attached hydrogens (tertiary/aromatic N) is 1. The molecule has 1 amide bonds. The van der Waals surface area contributed by atoms with Crippen LogP contribution in [0, 0.1) is 12.7 Å². The van der Waals surface area contributed by atoms with E-state index in [1.165, 1.54) is 12.1 Å². The lowest BCUT2D eigenvalue weighted by atomic mass is 10.1. The van der Waals surface area contributed by atoms with Crippen LogP contribution < -0.4 is 14.8 Å². The van der Waals surface area contributed by atoms with Crippen LogP contribution in [0.15, 0.2) is 42.5 Å². The number of aromatic nitrogens is 1. The van der Waals surface area contributed by atoms with Gasteiger partial charge in [0.1, 0.15) is 19.0 Å². The van der Waals surface area contributed by atoms with Gasteiger partial charge in [-0.15, -0.1) is 0 Å². The second kappa shape index (κ2) is 6.05. The number of rotatable bonds is 2. The first-order chi connectivity index (χ1) is 12.1. The molecule has 0 fully saturated rings. The fourth-order valence-corrected chi connectivity index (χ4v) is 2.84. The summed E-state index contributed by atoms with van der Waals surface area (Å²) in [6, 6.07) is 11.1. The fourth-order valence-electron chi connectivity index (χ4n) is 2.84. The third-order valence-corrected chi connectivity index (χ3v) is 3.94. The summed E-state index contributed by atoms with van der Waals surface area (Å²) in [5, 5.41) is 3.30. The first-order valence-electron chi connectivity index (χ1n) is 7.88. The lowest BCUT2D eigenvalue weighted by Gasteiger charge is -2.19. The van der Waals surface area contributed by atoms with Gasteiger partial charge in [-0.1, -0.05) is 0 Å². The molecule has 4 rings (SSSR count). The highest BCUT2D eigenvalue weighted by molar-refractivity contribution is 6.12. The van der Waals surface area contributed by atoms with Gasteiger partial charge in [0.25, 0.3) is 5.91 Å². The zero-order chi connectivity index (χ0) is 17.4. The lowest BCUT2D eigenvalue weighted by molar-refractivity contribution is 0.102. The van der Waals surface area contributed by atoms with Crippen LogP contribution in [-0.2, 0) is 0 Å². The van der Waals surface area contributed by atoms with E-state index in [0.717, 1.165) is 0 Å². The van der Waals surface area contributed by atoms with Crippen LogP contribution in [0.1, 0.15) is 16.1 Å². The molecule has 5 nitrogen and oxygen atoms in total. The number of fused-ring (bicyclic) bond motifs is 2. The van der Waals surface area contributed by atoms with Gasteiger partial charge in [0, 0.05) is 22.8 Å². The molecule has 0 aliphatic carbocycles. The molecule has 25 heavy (non-hydrogen) atoms. The molecule has 126 valence electrons. The monoisotopic (exact) mass is 338 g/mol. The second-order valence-electron chi connectivity index (χ2n) is 5.79. The van der Waals surface area contributed by atoms with Crippen molar-refractivity contribution in [2.24, 2.45) is 0 Å². The quantitative estimate of drug-likeness (QED) is 0.774. The zero-order valence-corrected chi connectivity index (χ0v) is 13.5. The molecule has 2 aromatic carbocycles. The van der Waals surface area contributed by atoms with Gasteiger partial charge in [-0.25, -0.2) is 4.39 Å². The summed E-state index contributed by atoms with van der Waals surface area (Å²) in [7, 11) is 0. The topological polar surface area (TPSA) is 60.5 Å². The lowest BCUT2D eigenvalue weighted by Crippen LogP contribution is -2.16. The number of benzene rings is 2. The maximum absolute atomic E-state index is 13.6. The third kappa shape index (κ3) is 2.98. The van der Waals surface area contributed by atoms with E-state index in [1.807, 2.05) is 0 Å². The minimum atomic E-state index is -0.411. The summed E-state index contributed by atoms with van der Waals surface area (Å²) in [5.41, 5.74) is 2.21. The number of ether oxygens (including phenoxy) is 2. The molecule has 0 spiro atoms. The highest BCUT2D eigenvalue weighted by atomic mass is 19.1. The average molecular weight is 338 g/mol. The largest absolute Gasteiger partial charge is 0.486 e. The van der Waals surface area contributed by atoms with Gasteiger partial charge in [-0.2, -0.15) is 0 Å². The van der Waals surface area contributed by atoms with E-state index < -0.39 is 5.82 Å². The van der Waals surface area contributed by atoms with Crippen molar-refractivity contribution in [2.45, 2.75) is 6.92 Å². The van der Waals surface area contributed by atoms with Gasteiger partial charge in [0.05, 0.1) is 11.1 Å². The zero-order valence-electron chi connectivity index (χ0n) is 13.5. The Kier molecular flexibility index (Phi) is 3.72. The molecular formula is C19H15FN2O3. The summed E-state index contributed by atoms with van der Waals surface area (Å²) in [4.78, 5) is 17.1. The number of hydrogen-bond acceptors (Lipinski definition) is 4. The van der Waals surface area contributed by atoms with E-state index in [4.69, 9.17) is 9.47 Å². The van der Waals surface area contributed by atoms with Crippen molar-refractivity contribution in [1.82, 2.24) is 4.98 Å². The number of nitrogens with one attached hydrogen (secondary N) is 1. The first kappa shape index (κ1) is 15.4. The maximum Gasteiger partial charge on any atom is 0.256 e. The Morgan fingerprint density at radius 1 is 1.08 bits per heavy atom. The number of pyridine rings is 1. The standard InChI is InChI=1S/C19H15FN2O3/c1-11-8-15(14-9-12(20)2-4-16(14)21-11)19(23)22-13-3-5-17-18(10-13)25-7-6-24-17/h2-5,8-10H,6-7H2,1H3,(H,22,23). The van der Waals surface area contributed by atoms with Crippen molar-refractivity contribution < 1.29 is 18.7 Å². The predicted molar refractivity (Wildman–Crippen MR) is 91.8 cm³/mol. The van der Waals surface area contributed by atoms with Crippen LogP contribution in [0.5, 0.6) is 11.5 Å². The van der Waals surface area contributed by atoms with Gasteiger partial charge < -0.3 is 14.8 Å². The number of halogens is 1. The van der Waals surface area contributed by atoms with Gasteiger partial charge in [0.2, 0.25) is 0 Å². The summed E-state index contributed by atoms with van der Waals surface area (Å²) in [6.45, 7) is 2.77. The Labute approximate surface area is 143 Å². The summed E-state index contributed by atoms with van der Waals surface area (Å²) in [5.74, 6) is 0.492.